The van der Waals surface area contributed by atoms with E-state index in [1.807, 2.05) is 29.9 Å². The summed E-state index contributed by atoms with van der Waals surface area (Å²) in [5.74, 6) is 0.212. The number of hydrogen-bond donors (Lipinski definition) is 1. The van der Waals surface area contributed by atoms with Crippen LogP contribution in [-0.2, 0) is 7.05 Å². The van der Waals surface area contributed by atoms with Crippen LogP contribution in [0.5, 0.6) is 0 Å². The van der Waals surface area contributed by atoms with Gasteiger partial charge in [0.25, 0.3) is 0 Å². The molecule has 4 heteroatoms. The summed E-state index contributed by atoms with van der Waals surface area (Å²) in [5, 5.41) is 3.28. The Morgan fingerprint density at radius 1 is 1.47 bits per heavy atom. The van der Waals surface area contributed by atoms with E-state index < -0.39 is 0 Å². The average Bonchev–Trinajstić information content (AvgIpc) is 2.66. The van der Waals surface area contributed by atoms with Crippen LogP contribution in [0.2, 0.25) is 0 Å². The highest BCUT2D eigenvalue weighted by Gasteiger charge is 2.15. The predicted molar refractivity (Wildman–Crippen MR) is 59.1 cm³/mol. The molecule has 1 aromatic rings. The van der Waals surface area contributed by atoms with Gasteiger partial charge in [0, 0.05) is 39.4 Å². The molecule has 0 radical (unpaired) electrons. The van der Waals surface area contributed by atoms with E-state index in [2.05, 4.69) is 10.2 Å². The quantitative estimate of drug-likeness (QED) is 0.715. The van der Waals surface area contributed by atoms with Crippen LogP contribution in [0.25, 0.3) is 0 Å². The van der Waals surface area contributed by atoms with Crippen LogP contribution in [-0.4, -0.2) is 48.0 Å². The first-order valence-corrected chi connectivity index (χ1v) is 5.35. The summed E-state index contributed by atoms with van der Waals surface area (Å²) in [6.07, 6.45) is 1.91. The molecule has 1 N–H and O–H groups in total. The average molecular weight is 207 g/mol. The standard InChI is InChI=1S/C11H17N3O/c1-13-6-2-3-10(13)11(15)9-14-7-4-12-5-8-14/h2-3,6,12H,4-5,7-9H2,1H3. The van der Waals surface area contributed by atoms with Crippen molar-refractivity contribution in [3.8, 4) is 0 Å². The molecular formula is C11H17N3O. The molecule has 1 saturated heterocycles. The molecule has 1 aliphatic heterocycles. The van der Waals surface area contributed by atoms with Crippen molar-refractivity contribution in [3.05, 3.63) is 24.0 Å². The van der Waals surface area contributed by atoms with Crippen LogP contribution in [0.15, 0.2) is 18.3 Å². The largest absolute Gasteiger partial charge is 0.348 e. The summed E-state index contributed by atoms with van der Waals surface area (Å²) in [5.41, 5.74) is 0.800. The highest BCUT2D eigenvalue weighted by Crippen LogP contribution is 2.03. The molecule has 1 aromatic heterocycles. The molecule has 4 nitrogen and oxygen atoms in total. The number of aromatic nitrogens is 1. The van der Waals surface area contributed by atoms with Crippen LogP contribution in [0, 0.1) is 0 Å². The summed E-state index contributed by atoms with van der Waals surface area (Å²) in [7, 11) is 1.91. The number of nitrogens with zero attached hydrogens (tertiary/aromatic N) is 2. The van der Waals surface area contributed by atoms with Crippen LogP contribution in [0.1, 0.15) is 10.5 Å². The fourth-order valence-electron chi connectivity index (χ4n) is 1.90. The molecule has 1 aliphatic rings. The molecule has 0 atom stereocenters. The van der Waals surface area contributed by atoms with Gasteiger partial charge in [0.05, 0.1) is 12.2 Å². The Kier molecular flexibility index (Phi) is 3.18. The molecule has 2 heterocycles. The van der Waals surface area contributed by atoms with Crippen molar-refractivity contribution in [3.63, 3.8) is 0 Å². The first kappa shape index (κ1) is 10.4. The van der Waals surface area contributed by atoms with Crippen LogP contribution in [0.3, 0.4) is 0 Å². The Balaban J connectivity index is 1.94. The van der Waals surface area contributed by atoms with E-state index in [0.29, 0.717) is 6.54 Å². The number of carbonyl (C=O) groups excluding carboxylic acids is 1. The monoisotopic (exact) mass is 207 g/mol. The van der Waals surface area contributed by atoms with E-state index in [1.54, 1.807) is 0 Å². The summed E-state index contributed by atoms with van der Waals surface area (Å²) < 4.78 is 1.88. The van der Waals surface area contributed by atoms with Gasteiger partial charge in [-0.25, -0.2) is 0 Å². The number of Topliss-reactive ketones (excluding diaryl/α,β-unsaturated/α-hetero) is 1. The predicted octanol–water partition coefficient (Wildman–Crippen LogP) is 0.113. The fraction of sp³-hybridized carbons (Fsp3) is 0.545. The number of ketones is 1. The number of aryl methyl sites for hydroxylation is 1. The van der Waals surface area contributed by atoms with Crippen LogP contribution < -0.4 is 5.32 Å². The molecule has 0 spiro atoms. The maximum atomic E-state index is 11.9. The SMILES string of the molecule is Cn1cccc1C(=O)CN1CCNCC1. The normalized spacial score (nSPS) is 17.9. The number of hydrogen-bond acceptors (Lipinski definition) is 3. The lowest BCUT2D eigenvalue weighted by atomic mass is 10.2. The molecular weight excluding hydrogens is 190 g/mol. The van der Waals surface area contributed by atoms with Crippen molar-refractivity contribution in [1.29, 1.82) is 0 Å². The van der Waals surface area contributed by atoms with E-state index in [1.165, 1.54) is 0 Å². The van der Waals surface area contributed by atoms with Crippen molar-refractivity contribution in [2.24, 2.45) is 7.05 Å². The first-order chi connectivity index (χ1) is 7.27. The maximum absolute atomic E-state index is 11.9. The minimum Gasteiger partial charge on any atom is -0.348 e. The van der Waals surface area contributed by atoms with Crippen molar-refractivity contribution in [1.82, 2.24) is 14.8 Å². The third-order valence-corrected chi connectivity index (χ3v) is 2.81. The topological polar surface area (TPSA) is 37.3 Å². The van der Waals surface area contributed by atoms with Crippen LogP contribution >= 0.6 is 0 Å². The lowest BCUT2D eigenvalue weighted by molar-refractivity contribution is 0.0913. The number of nitrogens with one attached hydrogen (secondary N) is 1. The van der Waals surface area contributed by atoms with Gasteiger partial charge in [0.15, 0.2) is 5.78 Å². The number of carbonyl (C=O) groups is 1. The molecule has 0 aliphatic carbocycles. The summed E-state index contributed by atoms with van der Waals surface area (Å²) >= 11 is 0. The van der Waals surface area contributed by atoms with Gasteiger partial charge < -0.3 is 9.88 Å². The second kappa shape index (κ2) is 4.59. The van der Waals surface area contributed by atoms with Gasteiger partial charge in [-0.3, -0.25) is 9.69 Å². The van der Waals surface area contributed by atoms with E-state index in [9.17, 15) is 4.79 Å². The van der Waals surface area contributed by atoms with Crippen molar-refractivity contribution in [2.45, 2.75) is 0 Å². The molecule has 15 heavy (non-hydrogen) atoms. The van der Waals surface area contributed by atoms with Gasteiger partial charge >= 0.3 is 0 Å². The smallest absolute Gasteiger partial charge is 0.193 e. The zero-order valence-corrected chi connectivity index (χ0v) is 9.07. The lowest BCUT2D eigenvalue weighted by Gasteiger charge is -2.26. The lowest BCUT2D eigenvalue weighted by Crippen LogP contribution is -2.45. The summed E-state index contributed by atoms with van der Waals surface area (Å²) in [6, 6.07) is 3.79. The molecule has 0 amide bonds. The Morgan fingerprint density at radius 2 is 2.20 bits per heavy atom. The van der Waals surface area contributed by atoms with Gasteiger partial charge in [-0.1, -0.05) is 0 Å². The minimum absolute atomic E-state index is 0.212. The number of piperazine rings is 1. The molecule has 1 fully saturated rings. The summed E-state index contributed by atoms with van der Waals surface area (Å²) in [6.45, 7) is 4.45. The van der Waals surface area contributed by atoms with Gasteiger partial charge in [0.2, 0.25) is 0 Å². The van der Waals surface area contributed by atoms with E-state index >= 15 is 0 Å². The Morgan fingerprint density at radius 3 is 2.80 bits per heavy atom. The highest BCUT2D eigenvalue weighted by atomic mass is 16.1. The van der Waals surface area contributed by atoms with Crippen molar-refractivity contribution < 1.29 is 4.79 Å². The van der Waals surface area contributed by atoms with Crippen LogP contribution in [0.4, 0.5) is 0 Å². The molecule has 0 unspecified atom stereocenters. The Hall–Kier alpha value is -1.13. The van der Waals surface area contributed by atoms with Gasteiger partial charge in [-0.05, 0) is 12.1 Å². The molecule has 82 valence electrons. The third-order valence-electron chi connectivity index (χ3n) is 2.81. The Bertz CT molecular complexity index is 339. The van der Waals surface area contributed by atoms with Crippen molar-refractivity contribution in [2.75, 3.05) is 32.7 Å². The van der Waals surface area contributed by atoms with E-state index in [0.717, 1.165) is 31.9 Å². The fourth-order valence-corrected chi connectivity index (χ4v) is 1.90. The Labute approximate surface area is 89.9 Å². The van der Waals surface area contributed by atoms with Gasteiger partial charge in [-0.2, -0.15) is 0 Å². The first-order valence-electron chi connectivity index (χ1n) is 5.35. The van der Waals surface area contributed by atoms with Gasteiger partial charge in [-0.15, -0.1) is 0 Å². The molecule has 0 saturated carbocycles. The summed E-state index contributed by atoms with van der Waals surface area (Å²) in [4.78, 5) is 14.1. The van der Waals surface area contributed by atoms with Crippen molar-refractivity contribution >= 4 is 5.78 Å². The van der Waals surface area contributed by atoms with Gasteiger partial charge in [0.1, 0.15) is 0 Å². The zero-order chi connectivity index (χ0) is 10.7. The molecule has 2 rings (SSSR count). The molecule has 0 aromatic carbocycles. The third kappa shape index (κ3) is 2.46. The second-order valence-electron chi connectivity index (χ2n) is 3.95. The van der Waals surface area contributed by atoms with E-state index in [-0.39, 0.29) is 5.78 Å². The zero-order valence-electron chi connectivity index (χ0n) is 9.07. The second-order valence-corrected chi connectivity index (χ2v) is 3.95. The maximum Gasteiger partial charge on any atom is 0.193 e. The number of rotatable bonds is 3. The highest BCUT2D eigenvalue weighted by molar-refractivity contribution is 5.96. The molecule has 0 bridgehead atoms. The van der Waals surface area contributed by atoms with E-state index in [4.69, 9.17) is 0 Å². The minimum atomic E-state index is 0.212.